The van der Waals surface area contributed by atoms with Gasteiger partial charge in [-0.25, -0.2) is 0 Å². The molecular formula is C22H28N4O3. The van der Waals surface area contributed by atoms with Crippen LogP contribution in [0.1, 0.15) is 35.3 Å². The Morgan fingerprint density at radius 1 is 1.07 bits per heavy atom. The first-order valence-electron chi connectivity index (χ1n) is 10.4. The van der Waals surface area contributed by atoms with Gasteiger partial charge >= 0.3 is 0 Å². The number of fused-ring (bicyclic) bond motifs is 1. The van der Waals surface area contributed by atoms with Crippen molar-refractivity contribution in [1.82, 2.24) is 15.0 Å². The second-order valence-electron chi connectivity index (χ2n) is 8.01. The van der Waals surface area contributed by atoms with Crippen LogP contribution in [-0.2, 0) is 28.9 Å². The summed E-state index contributed by atoms with van der Waals surface area (Å²) in [5, 5.41) is 6.51. The lowest BCUT2D eigenvalue weighted by Crippen LogP contribution is -2.50. The summed E-state index contributed by atoms with van der Waals surface area (Å²) in [6.07, 6.45) is 5.27. The molecule has 1 aliphatic carbocycles. The van der Waals surface area contributed by atoms with Gasteiger partial charge in [-0.1, -0.05) is 23.4 Å². The van der Waals surface area contributed by atoms with Crippen LogP contribution in [0.5, 0.6) is 0 Å². The van der Waals surface area contributed by atoms with E-state index in [1.54, 1.807) is 13.0 Å². The zero-order valence-electron chi connectivity index (χ0n) is 16.9. The number of carbonyl (C=O) groups is 2. The first-order valence-corrected chi connectivity index (χ1v) is 10.4. The summed E-state index contributed by atoms with van der Waals surface area (Å²) in [6, 6.07) is 8.21. The fraction of sp³-hybridized carbons (Fsp3) is 0.500. The number of aryl methyl sites for hydroxylation is 3. The number of hydrogen-bond donors (Lipinski definition) is 1. The van der Waals surface area contributed by atoms with E-state index in [-0.39, 0.29) is 11.8 Å². The van der Waals surface area contributed by atoms with Crippen LogP contribution in [0.25, 0.3) is 0 Å². The Morgan fingerprint density at radius 2 is 1.83 bits per heavy atom. The van der Waals surface area contributed by atoms with Crippen LogP contribution in [0.15, 0.2) is 28.8 Å². The average Bonchev–Trinajstić information content (AvgIpc) is 3.12. The molecule has 1 fully saturated rings. The van der Waals surface area contributed by atoms with E-state index in [0.717, 1.165) is 18.4 Å². The molecule has 4 rings (SSSR count). The minimum atomic E-state index is -0.118. The van der Waals surface area contributed by atoms with Crippen molar-refractivity contribution in [2.75, 3.05) is 38.0 Å². The third-order valence-corrected chi connectivity index (χ3v) is 5.76. The lowest BCUT2D eigenvalue weighted by molar-refractivity contribution is -0.132. The van der Waals surface area contributed by atoms with E-state index in [0.29, 0.717) is 50.7 Å². The zero-order chi connectivity index (χ0) is 20.2. The summed E-state index contributed by atoms with van der Waals surface area (Å²) in [6.45, 7) is 4.77. The van der Waals surface area contributed by atoms with Crippen LogP contribution in [0.3, 0.4) is 0 Å². The summed E-state index contributed by atoms with van der Waals surface area (Å²) >= 11 is 0. The maximum Gasteiger partial charge on any atom is 0.239 e. The van der Waals surface area contributed by atoms with E-state index in [1.165, 1.54) is 24.0 Å². The number of anilines is 1. The predicted molar refractivity (Wildman–Crippen MR) is 110 cm³/mol. The number of amides is 2. The molecule has 2 amide bonds. The van der Waals surface area contributed by atoms with E-state index in [9.17, 15) is 9.59 Å². The largest absolute Gasteiger partial charge is 0.360 e. The highest BCUT2D eigenvalue weighted by atomic mass is 16.5. The quantitative estimate of drug-likeness (QED) is 0.838. The lowest BCUT2D eigenvalue weighted by atomic mass is 9.90. The van der Waals surface area contributed by atoms with Gasteiger partial charge in [0.25, 0.3) is 0 Å². The minimum absolute atomic E-state index is 0.118. The van der Waals surface area contributed by atoms with E-state index >= 15 is 0 Å². The van der Waals surface area contributed by atoms with Crippen molar-refractivity contribution in [3.63, 3.8) is 0 Å². The van der Waals surface area contributed by atoms with Crippen molar-refractivity contribution < 1.29 is 14.1 Å². The molecule has 0 radical (unpaired) electrons. The van der Waals surface area contributed by atoms with Crippen LogP contribution in [0.4, 0.5) is 5.82 Å². The van der Waals surface area contributed by atoms with Crippen LogP contribution in [0.2, 0.25) is 0 Å². The van der Waals surface area contributed by atoms with Crippen molar-refractivity contribution in [2.45, 2.75) is 39.0 Å². The number of benzene rings is 1. The molecular weight excluding hydrogens is 368 g/mol. The zero-order valence-corrected chi connectivity index (χ0v) is 16.9. The molecule has 29 heavy (non-hydrogen) atoms. The fourth-order valence-corrected chi connectivity index (χ4v) is 4.15. The summed E-state index contributed by atoms with van der Waals surface area (Å²) in [4.78, 5) is 28.8. The number of aromatic nitrogens is 1. The third-order valence-electron chi connectivity index (χ3n) is 5.76. The van der Waals surface area contributed by atoms with Crippen molar-refractivity contribution in [3.8, 4) is 0 Å². The third kappa shape index (κ3) is 5.03. The molecule has 1 aromatic heterocycles. The molecule has 1 aromatic carbocycles. The number of nitrogens with zero attached hydrogens (tertiary/aromatic N) is 3. The van der Waals surface area contributed by atoms with Crippen molar-refractivity contribution in [2.24, 2.45) is 0 Å². The summed E-state index contributed by atoms with van der Waals surface area (Å²) in [5.74, 6) is 1.15. The normalized spacial score (nSPS) is 17.1. The van der Waals surface area contributed by atoms with Crippen LogP contribution in [-0.4, -0.2) is 59.5 Å². The van der Waals surface area contributed by atoms with Gasteiger partial charge in [0.05, 0.1) is 13.0 Å². The van der Waals surface area contributed by atoms with Gasteiger partial charge in [-0.2, -0.15) is 0 Å². The van der Waals surface area contributed by atoms with Crippen molar-refractivity contribution >= 4 is 17.6 Å². The molecule has 0 saturated carbocycles. The molecule has 0 spiro atoms. The maximum absolute atomic E-state index is 12.7. The number of nitrogens with one attached hydrogen (secondary N) is 1. The Bertz CT molecular complexity index is 884. The minimum Gasteiger partial charge on any atom is -0.360 e. The molecule has 1 saturated heterocycles. The van der Waals surface area contributed by atoms with Gasteiger partial charge < -0.3 is 14.7 Å². The molecule has 2 heterocycles. The Balaban J connectivity index is 1.23. The first-order chi connectivity index (χ1) is 14.1. The van der Waals surface area contributed by atoms with Gasteiger partial charge in [0.1, 0.15) is 5.76 Å². The Kier molecular flexibility index (Phi) is 5.94. The second-order valence-corrected chi connectivity index (χ2v) is 8.01. The standard InChI is InChI=1S/C22H28N4O3/c1-16-12-20(24-29-16)23-21(27)15-25-8-10-26(11-9-25)22(28)14-17-6-7-18-4-2-3-5-19(18)13-17/h6-7,12-13H,2-5,8-11,14-15H2,1H3,(H,23,24,27). The van der Waals surface area contributed by atoms with Crippen LogP contribution < -0.4 is 5.32 Å². The Morgan fingerprint density at radius 3 is 2.55 bits per heavy atom. The van der Waals surface area contributed by atoms with Crippen molar-refractivity contribution in [3.05, 3.63) is 46.7 Å². The highest BCUT2D eigenvalue weighted by Gasteiger charge is 2.23. The number of hydrogen-bond acceptors (Lipinski definition) is 5. The lowest BCUT2D eigenvalue weighted by Gasteiger charge is -2.34. The second kappa shape index (κ2) is 8.78. The summed E-state index contributed by atoms with van der Waals surface area (Å²) in [7, 11) is 0. The average molecular weight is 396 g/mol. The Hall–Kier alpha value is -2.67. The molecule has 0 unspecified atom stereocenters. The summed E-state index contributed by atoms with van der Waals surface area (Å²) < 4.78 is 4.95. The molecule has 7 heteroatoms. The van der Waals surface area contributed by atoms with Gasteiger partial charge in [0.15, 0.2) is 5.82 Å². The van der Waals surface area contributed by atoms with E-state index in [4.69, 9.17) is 4.52 Å². The highest BCUT2D eigenvalue weighted by molar-refractivity contribution is 5.91. The monoisotopic (exact) mass is 396 g/mol. The molecule has 7 nitrogen and oxygen atoms in total. The molecule has 1 aliphatic heterocycles. The van der Waals surface area contributed by atoms with Gasteiger partial charge in [0.2, 0.25) is 11.8 Å². The number of carbonyl (C=O) groups excluding carboxylic acids is 2. The molecule has 0 bridgehead atoms. The molecule has 1 N–H and O–H groups in total. The number of piperazine rings is 1. The van der Waals surface area contributed by atoms with Gasteiger partial charge in [0, 0.05) is 32.2 Å². The Labute approximate surface area is 171 Å². The number of rotatable bonds is 5. The fourth-order valence-electron chi connectivity index (χ4n) is 4.15. The van der Waals surface area contributed by atoms with Crippen molar-refractivity contribution in [1.29, 1.82) is 0 Å². The maximum atomic E-state index is 12.7. The molecule has 154 valence electrons. The van der Waals surface area contributed by atoms with E-state index in [2.05, 4.69) is 33.6 Å². The van der Waals surface area contributed by atoms with Gasteiger partial charge in [-0.3, -0.25) is 14.5 Å². The van der Waals surface area contributed by atoms with Crippen LogP contribution >= 0.6 is 0 Å². The first kappa shape index (κ1) is 19.6. The van der Waals surface area contributed by atoms with Gasteiger partial charge in [-0.15, -0.1) is 0 Å². The smallest absolute Gasteiger partial charge is 0.239 e. The van der Waals surface area contributed by atoms with Crippen LogP contribution in [0, 0.1) is 6.92 Å². The topological polar surface area (TPSA) is 78.7 Å². The SMILES string of the molecule is Cc1cc(NC(=O)CN2CCN(C(=O)Cc3ccc4c(c3)CCCC4)CC2)no1. The van der Waals surface area contributed by atoms with E-state index < -0.39 is 0 Å². The molecule has 0 atom stereocenters. The van der Waals surface area contributed by atoms with E-state index in [1.807, 2.05) is 4.90 Å². The summed E-state index contributed by atoms with van der Waals surface area (Å²) in [5.41, 5.74) is 3.97. The van der Waals surface area contributed by atoms with Gasteiger partial charge in [-0.05, 0) is 49.3 Å². The molecule has 2 aliphatic rings. The highest BCUT2D eigenvalue weighted by Crippen LogP contribution is 2.22. The predicted octanol–water partition coefficient (Wildman–Crippen LogP) is 2.19. The molecule has 2 aromatic rings.